The quantitative estimate of drug-likeness (QED) is 0.706. The third-order valence-electron chi connectivity index (χ3n) is 4.37. The topological polar surface area (TPSA) is 75.7 Å². The van der Waals surface area contributed by atoms with Gasteiger partial charge in [0.25, 0.3) is 0 Å². The average molecular weight is 425 g/mol. The maximum atomic E-state index is 12.6. The highest BCUT2D eigenvalue weighted by Crippen LogP contribution is 2.26. The first kappa shape index (κ1) is 22.0. The number of benzene rings is 2. The lowest BCUT2D eigenvalue weighted by Gasteiger charge is -2.28. The number of sulfonamides is 1. The fraction of sp³-hybridized carbons (Fsp3) is 0.350. The van der Waals surface area contributed by atoms with E-state index in [1.807, 2.05) is 31.2 Å². The molecule has 1 amide bonds. The van der Waals surface area contributed by atoms with Gasteiger partial charge in [0.2, 0.25) is 15.9 Å². The second kappa shape index (κ2) is 9.30. The minimum absolute atomic E-state index is 0.357. The molecule has 0 aliphatic carbocycles. The van der Waals surface area contributed by atoms with Gasteiger partial charge in [-0.3, -0.25) is 9.10 Å². The summed E-state index contributed by atoms with van der Waals surface area (Å²) in [4.78, 5) is 12.6. The largest absolute Gasteiger partial charge is 0.497 e. The van der Waals surface area contributed by atoms with E-state index in [0.717, 1.165) is 27.4 Å². The van der Waals surface area contributed by atoms with Crippen LogP contribution >= 0.6 is 11.6 Å². The Kier molecular flexibility index (Phi) is 7.32. The number of ether oxygens (including phenoxy) is 1. The Bertz CT molecular complexity index is 930. The fourth-order valence-corrected chi connectivity index (χ4v) is 4.14. The van der Waals surface area contributed by atoms with Gasteiger partial charge < -0.3 is 10.1 Å². The molecule has 0 fully saturated rings. The first-order valence-electron chi connectivity index (χ1n) is 8.79. The Balaban J connectivity index is 2.07. The number of methoxy groups -OCH3 is 1. The number of rotatable bonds is 8. The minimum Gasteiger partial charge on any atom is -0.497 e. The van der Waals surface area contributed by atoms with E-state index >= 15 is 0 Å². The van der Waals surface area contributed by atoms with Crippen LogP contribution in [0.1, 0.15) is 18.1 Å². The molecular formula is C20H25ClN2O4S. The monoisotopic (exact) mass is 424 g/mol. The molecule has 2 aromatic carbocycles. The van der Waals surface area contributed by atoms with Crippen LogP contribution in [-0.4, -0.2) is 40.3 Å². The molecule has 2 rings (SSSR count). The molecule has 152 valence electrons. The molecule has 1 atom stereocenters. The van der Waals surface area contributed by atoms with Crippen molar-refractivity contribution in [1.29, 1.82) is 0 Å². The van der Waals surface area contributed by atoms with Crippen molar-refractivity contribution >= 4 is 33.2 Å². The second-order valence-electron chi connectivity index (χ2n) is 6.56. The molecule has 2 aromatic rings. The summed E-state index contributed by atoms with van der Waals surface area (Å²) >= 11 is 6.13. The van der Waals surface area contributed by atoms with Crippen LogP contribution in [-0.2, 0) is 21.2 Å². The van der Waals surface area contributed by atoms with Gasteiger partial charge >= 0.3 is 0 Å². The molecule has 0 spiro atoms. The maximum Gasteiger partial charge on any atom is 0.243 e. The number of aryl methyl sites for hydroxylation is 1. The molecule has 0 unspecified atom stereocenters. The van der Waals surface area contributed by atoms with Crippen molar-refractivity contribution in [1.82, 2.24) is 5.32 Å². The third-order valence-corrected chi connectivity index (χ3v) is 6.02. The van der Waals surface area contributed by atoms with E-state index in [9.17, 15) is 13.2 Å². The summed E-state index contributed by atoms with van der Waals surface area (Å²) in [7, 11) is -2.07. The van der Waals surface area contributed by atoms with Gasteiger partial charge in [0.15, 0.2) is 0 Å². The van der Waals surface area contributed by atoms with Crippen molar-refractivity contribution in [3.8, 4) is 5.75 Å². The Morgan fingerprint density at radius 3 is 2.39 bits per heavy atom. The van der Waals surface area contributed by atoms with Crippen molar-refractivity contribution in [3.63, 3.8) is 0 Å². The summed E-state index contributed by atoms with van der Waals surface area (Å²) in [6.07, 6.45) is 1.69. The van der Waals surface area contributed by atoms with Gasteiger partial charge in [-0.15, -0.1) is 0 Å². The maximum absolute atomic E-state index is 12.6. The first-order valence-corrected chi connectivity index (χ1v) is 11.0. The number of carbonyl (C=O) groups is 1. The number of anilines is 1. The normalized spacial score (nSPS) is 12.3. The average Bonchev–Trinajstić information content (AvgIpc) is 2.64. The van der Waals surface area contributed by atoms with Crippen molar-refractivity contribution in [2.45, 2.75) is 26.3 Å². The Morgan fingerprint density at radius 2 is 1.86 bits per heavy atom. The molecule has 0 saturated heterocycles. The van der Waals surface area contributed by atoms with Gasteiger partial charge in [-0.25, -0.2) is 8.42 Å². The number of nitrogens with one attached hydrogen (secondary N) is 1. The van der Waals surface area contributed by atoms with Crippen LogP contribution in [0, 0.1) is 6.92 Å². The molecule has 0 aromatic heterocycles. The number of halogens is 1. The molecule has 0 aliphatic heterocycles. The van der Waals surface area contributed by atoms with E-state index in [1.165, 1.54) is 0 Å². The summed E-state index contributed by atoms with van der Waals surface area (Å²) in [5.74, 6) is 0.387. The number of carbonyl (C=O) groups excluding carboxylic acids is 1. The Morgan fingerprint density at radius 1 is 1.21 bits per heavy atom. The minimum atomic E-state index is -3.68. The summed E-state index contributed by atoms with van der Waals surface area (Å²) in [6.45, 7) is 3.77. The van der Waals surface area contributed by atoms with Crippen LogP contribution in [0.4, 0.5) is 5.69 Å². The number of amides is 1. The van der Waals surface area contributed by atoms with Crippen LogP contribution < -0.4 is 14.4 Å². The van der Waals surface area contributed by atoms with E-state index in [0.29, 0.717) is 23.7 Å². The summed E-state index contributed by atoms with van der Waals surface area (Å²) < 4.78 is 30.8. The highest BCUT2D eigenvalue weighted by atomic mass is 35.5. The molecule has 8 heteroatoms. The zero-order valence-corrected chi connectivity index (χ0v) is 18.0. The predicted molar refractivity (Wildman–Crippen MR) is 113 cm³/mol. The van der Waals surface area contributed by atoms with Crippen LogP contribution in [0.25, 0.3) is 0 Å². The molecule has 0 bridgehead atoms. The second-order valence-corrected chi connectivity index (χ2v) is 8.82. The molecule has 6 nitrogen and oxygen atoms in total. The molecule has 0 heterocycles. The van der Waals surface area contributed by atoms with Crippen molar-refractivity contribution in [2.24, 2.45) is 0 Å². The van der Waals surface area contributed by atoms with Crippen molar-refractivity contribution in [3.05, 3.63) is 58.6 Å². The van der Waals surface area contributed by atoms with Crippen LogP contribution in [0.3, 0.4) is 0 Å². The van der Waals surface area contributed by atoms with Gasteiger partial charge in [0.1, 0.15) is 11.8 Å². The van der Waals surface area contributed by atoms with Gasteiger partial charge in [0, 0.05) is 11.6 Å². The van der Waals surface area contributed by atoms with Crippen LogP contribution in [0.2, 0.25) is 5.02 Å². The smallest absolute Gasteiger partial charge is 0.243 e. The number of hydrogen-bond acceptors (Lipinski definition) is 4. The van der Waals surface area contributed by atoms with Gasteiger partial charge in [-0.1, -0.05) is 29.8 Å². The number of nitrogens with zero attached hydrogens (tertiary/aromatic N) is 1. The Hall–Kier alpha value is -2.25. The molecular weight excluding hydrogens is 400 g/mol. The zero-order chi connectivity index (χ0) is 20.9. The van der Waals surface area contributed by atoms with Gasteiger partial charge in [-0.2, -0.15) is 0 Å². The summed E-state index contributed by atoms with van der Waals surface area (Å²) in [5.41, 5.74) is 2.23. The molecule has 0 aliphatic rings. The SMILES string of the molecule is COc1ccc(CCNC(=O)[C@H](C)N(c2ccc(C)c(Cl)c2)S(C)(=O)=O)cc1. The summed E-state index contributed by atoms with van der Waals surface area (Å²) in [5, 5.41) is 3.24. The standard InChI is InChI=1S/C20H25ClN2O4S/c1-14-5-8-17(13-19(14)21)23(28(4,25)26)15(2)20(24)22-12-11-16-6-9-18(27-3)10-7-16/h5-10,13,15H,11-12H2,1-4H3,(H,22,24)/t15-/m0/s1. The summed E-state index contributed by atoms with van der Waals surface area (Å²) in [6, 6.07) is 11.6. The van der Waals surface area contributed by atoms with E-state index in [4.69, 9.17) is 16.3 Å². The van der Waals surface area contributed by atoms with Crippen LogP contribution in [0.15, 0.2) is 42.5 Å². The lowest BCUT2D eigenvalue weighted by Crippen LogP contribution is -2.48. The van der Waals surface area contributed by atoms with Crippen molar-refractivity contribution in [2.75, 3.05) is 24.2 Å². The van der Waals surface area contributed by atoms with E-state index in [2.05, 4.69) is 5.32 Å². The van der Waals surface area contributed by atoms with E-state index in [-0.39, 0.29) is 5.91 Å². The van der Waals surface area contributed by atoms with Gasteiger partial charge in [-0.05, 0) is 55.7 Å². The van der Waals surface area contributed by atoms with Crippen molar-refractivity contribution < 1.29 is 17.9 Å². The number of hydrogen-bond donors (Lipinski definition) is 1. The van der Waals surface area contributed by atoms with E-state index < -0.39 is 16.1 Å². The van der Waals surface area contributed by atoms with Gasteiger partial charge in [0.05, 0.1) is 19.1 Å². The molecule has 1 N–H and O–H groups in total. The highest BCUT2D eigenvalue weighted by molar-refractivity contribution is 7.92. The van der Waals surface area contributed by atoms with Crippen LogP contribution in [0.5, 0.6) is 5.75 Å². The lowest BCUT2D eigenvalue weighted by atomic mass is 10.1. The van der Waals surface area contributed by atoms with E-state index in [1.54, 1.807) is 32.2 Å². The zero-order valence-electron chi connectivity index (χ0n) is 16.4. The molecule has 0 saturated carbocycles. The highest BCUT2D eigenvalue weighted by Gasteiger charge is 2.29. The Labute approximate surface area is 171 Å². The molecule has 0 radical (unpaired) electrons. The molecule has 28 heavy (non-hydrogen) atoms. The first-order chi connectivity index (χ1) is 13.1. The predicted octanol–water partition coefficient (Wildman–Crippen LogP) is 3.17. The lowest BCUT2D eigenvalue weighted by molar-refractivity contribution is -0.121. The third kappa shape index (κ3) is 5.62. The fourth-order valence-electron chi connectivity index (χ4n) is 2.80.